The summed E-state index contributed by atoms with van der Waals surface area (Å²) in [7, 11) is 1.69. The number of hydrogen-bond donors (Lipinski definition) is 1. The molecule has 2 nitrogen and oxygen atoms in total. The normalized spacial score (nSPS) is 12.5. The first-order valence-electron chi connectivity index (χ1n) is 5.79. The molecule has 5 heteroatoms. The van der Waals surface area contributed by atoms with Crippen LogP contribution in [0.15, 0.2) is 25.8 Å². The Balaban J connectivity index is 2.47. The predicted molar refractivity (Wildman–Crippen MR) is 88.2 cm³/mol. The van der Waals surface area contributed by atoms with Crippen LogP contribution in [0.25, 0.3) is 0 Å². The van der Waals surface area contributed by atoms with Gasteiger partial charge < -0.3 is 10.5 Å². The largest absolute Gasteiger partial charge is 0.496 e. The van der Waals surface area contributed by atoms with E-state index in [4.69, 9.17) is 10.5 Å². The number of ether oxygens (including phenoxy) is 1. The fraction of sp³-hybridized carbons (Fsp3) is 0.286. The Kier molecular flexibility index (Phi) is 4.71. The van der Waals surface area contributed by atoms with Crippen molar-refractivity contribution < 1.29 is 4.74 Å². The Morgan fingerprint density at radius 3 is 2.32 bits per heavy atom. The predicted octanol–water partition coefficient (Wildman–Crippen LogP) is 4.95. The van der Waals surface area contributed by atoms with Crippen LogP contribution in [0.2, 0.25) is 0 Å². The van der Waals surface area contributed by atoms with Crippen LogP contribution in [-0.4, -0.2) is 7.11 Å². The summed E-state index contributed by atoms with van der Waals surface area (Å²) >= 11 is 8.70. The molecule has 0 saturated carbocycles. The van der Waals surface area contributed by atoms with Crippen molar-refractivity contribution in [1.82, 2.24) is 0 Å². The number of methoxy groups -OCH3 is 1. The number of halogens is 2. The summed E-state index contributed by atoms with van der Waals surface area (Å²) < 4.78 is 7.48. The lowest BCUT2D eigenvalue weighted by atomic mass is 9.95. The highest BCUT2D eigenvalue weighted by Crippen LogP contribution is 2.38. The average molecular weight is 405 g/mol. The number of nitrogens with two attached hydrogens (primary N) is 1. The van der Waals surface area contributed by atoms with E-state index in [9.17, 15) is 0 Å². The Hall–Kier alpha value is -0.360. The molecule has 2 rings (SSSR count). The molecule has 0 spiro atoms. The zero-order valence-corrected chi connectivity index (χ0v) is 14.9. The highest BCUT2D eigenvalue weighted by molar-refractivity contribution is 9.12. The molecule has 0 amide bonds. The molecule has 0 aliphatic rings. The van der Waals surface area contributed by atoms with Gasteiger partial charge in [-0.1, -0.05) is 6.07 Å². The summed E-state index contributed by atoms with van der Waals surface area (Å²) in [6.45, 7) is 4.10. The molecule has 1 heterocycles. The Morgan fingerprint density at radius 1 is 1.11 bits per heavy atom. The number of aryl methyl sites for hydroxylation is 2. The molecular formula is C14H15Br2NOS. The lowest BCUT2D eigenvalue weighted by molar-refractivity contribution is 0.411. The van der Waals surface area contributed by atoms with E-state index in [1.807, 2.05) is 13.0 Å². The van der Waals surface area contributed by atoms with Crippen molar-refractivity contribution >= 4 is 43.2 Å². The van der Waals surface area contributed by atoms with E-state index in [1.165, 1.54) is 0 Å². The monoisotopic (exact) mass is 403 g/mol. The van der Waals surface area contributed by atoms with Gasteiger partial charge in [-0.2, -0.15) is 0 Å². The fourth-order valence-corrected chi connectivity index (χ4v) is 5.03. The minimum Gasteiger partial charge on any atom is -0.496 e. The summed E-state index contributed by atoms with van der Waals surface area (Å²) in [5, 5.41) is 0. The van der Waals surface area contributed by atoms with Crippen LogP contribution >= 0.6 is 43.2 Å². The Labute approximate surface area is 134 Å². The van der Waals surface area contributed by atoms with E-state index in [0.717, 1.165) is 35.6 Å². The summed E-state index contributed by atoms with van der Waals surface area (Å²) in [5.74, 6) is 0.902. The van der Waals surface area contributed by atoms with Crippen LogP contribution in [0.1, 0.15) is 28.3 Å². The molecule has 0 saturated heterocycles. The van der Waals surface area contributed by atoms with Crippen LogP contribution in [0.5, 0.6) is 5.75 Å². The van der Waals surface area contributed by atoms with Crippen molar-refractivity contribution in [1.29, 1.82) is 0 Å². The van der Waals surface area contributed by atoms with Gasteiger partial charge in [-0.15, -0.1) is 11.3 Å². The molecule has 0 fully saturated rings. The molecule has 2 aromatic rings. The van der Waals surface area contributed by atoms with Crippen LogP contribution in [0, 0.1) is 13.8 Å². The number of thiophene rings is 1. The molecule has 1 atom stereocenters. The van der Waals surface area contributed by atoms with Gasteiger partial charge in [0, 0.05) is 0 Å². The minimum atomic E-state index is -0.137. The van der Waals surface area contributed by atoms with E-state index in [2.05, 4.69) is 50.9 Å². The lowest BCUT2D eigenvalue weighted by Gasteiger charge is -2.17. The zero-order chi connectivity index (χ0) is 14.2. The highest BCUT2D eigenvalue weighted by atomic mass is 79.9. The molecule has 1 aromatic heterocycles. The maximum absolute atomic E-state index is 6.41. The van der Waals surface area contributed by atoms with Crippen molar-refractivity contribution in [2.45, 2.75) is 19.9 Å². The zero-order valence-electron chi connectivity index (χ0n) is 11.0. The molecule has 0 radical (unpaired) electrons. The van der Waals surface area contributed by atoms with Gasteiger partial charge in [0.1, 0.15) is 5.75 Å². The maximum atomic E-state index is 6.41. The fourth-order valence-electron chi connectivity index (χ4n) is 2.10. The van der Waals surface area contributed by atoms with Gasteiger partial charge in [-0.25, -0.2) is 0 Å². The average Bonchev–Trinajstić information content (AvgIpc) is 2.70. The quantitative estimate of drug-likeness (QED) is 0.785. The van der Waals surface area contributed by atoms with E-state index >= 15 is 0 Å². The smallest absolute Gasteiger partial charge is 0.122 e. The number of benzene rings is 1. The summed E-state index contributed by atoms with van der Waals surface area (Å²) in [4.78, 5) is 0. The second-order valence-corrected chi connectivity index (χ2v) is 8.18. The maximum Gasteiger partial charge on any atom is 0.122 e. The third-order valence-corrected chi connectivity index (χ3v) is 5.52. The Morgan fingerprint density at radius 2 is 1.79 bits per heavy atom. The number of rotatable bonds is 3. The number of hydrogen-bond acceptors (Lipinski definition) is 3. The summed E-state index contributed by atoms with van der Waals surface area (Å²) in [6.07, 6.45) is 0. The van der Waals surface area contributed by atoms with Crippen molar-refractivity contribution in [3.05, 3.63) is 48.0 Å². The minimum absolute atomic E-state index is 0.137. The van der Waals surface area contributed by atoms with Crippen molar-refractivity contribution in [3.8, 4) is 5.75 Å². The van der Waals surface area contributed by atoms with Gasteiger partial charge in [-0.05, 0) is 80.1 Å². The van der Waals surface area contributed by atoms with Gasteiger partial charge in [0.15, 0.2) is 0 Å². The molecule has 1 unspecified atom stereocenters. The molecule has 19 heavy (non-hydrogen) atoms. The van der Waals surface area contributed by atoms with Gasteiger partial charge in [0.25, 0.3) is 0 Å². The van der Waals surface area contributed by atoms with Gasteiger partial charge >= 0.3 is 0 Å². The first kappa shape index (κ1) is 15.0. The second kappa shape index (κ2) is 5.95. The van der Waals surface area contributed by atoms with Crippen LogP contribution in [0.3, 0.4) is 0 Å². The molecule has 0 aliphatic heterocycles. The van der Waals surface area contributed by atoms with E-state index in [1.54, 1.807) is 18.4 Å². The van der Waals surface area contributed by atoms with Gasteiger partial charge in [-0.3, -0.25) is 0 Å². The highest BCUT2D eigenvalue weighted by Gasteiger charge is 2.18. The topological polar surface area (TPSA) is 35.2 Å². The molecule has 102 valence electrons. The Bertz CT molecular complexity index is 610. The van der Waals surface area contributed by atoms with Crippen molar-refractivity contribution in [2.24, 2.45) is 5.73 Å². The van der Waals surface area contributed by atoms with Gasteiger partial charge in [0.05, 0.1) is 20.7 Å². The molecule has 0 aliphatic carbocycles. The molecular weight excluding hydrogens is 390 g/mol. The van der Waals surface area contributed by atoms with E-state index < -0.39 is 0 Å². The lowest BCUT2D eigenvalue weighted by Crippen LogP contribution is -2.13. The molecule has 2 N–H and O–H groups in total. The van der Waals surface area contributed by atoms with Crippen LogP contribution < -0.4 is 10.5 Å². The molecule has 0 bridgehead atoms. The summed E-state index contributed by atoms with van der Waals surface area (Å²) in [5.41, 5.74) is 10.9. The standard InChI is InChI=1S/C14H15Br2NOS/c1-7-5-11(18-3)8(2)4-9(7)13(17)10-6-12(15)19-14(10)16/h4-6,13H,17H2,1-3H3. The van der Waals surface area contributed by atoms with Crippen molar-refractivity contribution in [2.75, 3.05) is 7.11 Å². The SMILES string of the molecule is COc1cc(C)c(C(N)c2cc(Br)sc2Br)cc1C. The van der Waals surface area contributed by atoms with Gasteiger partial charge in [0.2, 0.25) is 0 Å². The van der Waals surface area contributed by atoms with E-state index in [0.29, 0.717) is 0 Å². The van der Waals surface area contributed by atoms with Crippen LogP contribution in [-0.2, 0) is 0 Å². The third-order valence-electron chi connectivity index (χ3n) is 3.14. The molecule has 1 aromatic carbocycles. The van der Waals surface area contributed by atoms with E-state index in [-0.39, 0.29) is 6.04 Å². The van der Waals surface area contributed by atoms with Crippen molar-refractivity contribution in [3.63, 3.8) is 0 Å². The summed E-state index contributed by atoms with van der Waals surface area (Å²) in [6, 6.07) is 6.08. The first-order chi connectivity index (χ1) is 8.93. The first-order valence-corrected chi connectivity index (χ1v) is 8.19. The van der Waals surface area contributed by atoms with Crippen LogP contribution in [0.4, 0.5) is 0 Å². The second-order valence-electron chi connectivity index (χ2n) is 4.44. The third kappa shape index (κ3) is 3.05.